The highest BCUT2D eigenvalue weighted by Crippen LogP contribution is 2.30. The Hall–Kier alpha value is -4.24. The normalized spacial score (nSPS) is 15.2. The van der Waals surface area contributed by atoms with Crippen LogP contribution in [0.15, 0.2) is 66.7 Å². The van der Waals surface area contributed by atoms with E-state index in [0.29, 0.717) is 35.0 Å². The van der Waals surface area contributed by atoms with Gasteiger partial charge in [0.1, 0.15) is 23.0 Å². The fourth-order valence-electron chi connectivity index (χ4n) is 3.86. The maximum atomic E-state index is 13.0. The average Bonchev–Trinajstić information content (AvgIpc) is 3.24. The molecule has 0 aromatic heterocycles. The monoisotopic (exact) mass is 532 g/mol. The zero-order chi connectivity index (χ0) is 27.2. The van der Waals surface area contributed by atoms with Crippen molar-refractivity contribution >= 4 is 40.5 Å². The smallest absolute Gasteiger partial charge is 0.286 e. The second-order valence-corrected chi connectivity index (χ2v) is 9.94. The topological polar surface area (TPSA) is 94.2 Å². The highest BCUT2D eigenvalue weighted by atomic mass is 32.2. The van der Waals surface area contributed by atoms with Crippen LogP contribution in [0.4, 0.5) is 4.79 Å². The molecule has 0 aliphatic carbocycles. The summed E-state index contributed by atoms with van der Waals surface area (Å²) < 4.78 is 16.7. The summed E-state index contributed by atoms with van der Waals surface area (Å²) in [6.07, 6.45) is 2.27. The number of rotatable bonds is 9. The number of amides is 3. The lowest BCUT2D eigenvalue weighted by molar-refractivity contribution is -0.122. The molecule has 38 heavy (non-hydrogen) atoms. The van der Waals surface area contributed by atoms with E-state index in [-0.39, 0.29) is 17.1 Å². The molecule has 0 radical (unpaired) electrons. The second kappa shape index (κ2) is 11.9. The fraction of sp³-hybridized carbons (Fsp3) is 0.207. The summed E-state index contributed by atoms with van der Waals surface area (Å²) in [5.74, 6) is 2.09. The van der Waals surface area contributed by atoms with Crippen LogP contribution in [0.1, 0.15) is 16.7 Å². The van der Waals surface area contributed by atoms with Gasteiger partial charge in [0.15, 0.2) is 0 Å². The van der Waals surface area contributed by atoms with Crippen molar-refractivity contribution in [3.8, 4) is 23.0 Å². The number of carbonyl (C=O) groups is 3. The second-order valence-electron chi connectivity index (χ2n) is 8.76. The van der Waals surface area contributed by atoms with Gasteiger partial charge in [-0.2, -0.15) is 0 Å². The minimum Gasteiger partial charge on any atom is -0.497 e. The minimum absolute atomic E-state index is 0.146. The zero-order valence-electron chi connectivity index (χ0n) is 21.5. The third-order valence-corrected chi connectivity index (χ3v) is 6.82. The Balaban J connectivity index is 1.51. The van der Waals surface area contributed by atoms with Crippen LogP contribution in [0.2, 0.25) is 0 Å². The first-order chi connectivity index (χ1) is 18.2. The SMILES string of the molecule is COc1cc(C=C(C(=O)N(C)C)c2ccc(Oc3ccc(CC4SC(=O)NC4=O)cc3)cc2)cc(OC)c1. The number of carbonyl (C=O) groups excluding carboxylic acids is 3. The average molecular weight is 533 g/mol. The fourth-order valence-corrected chi connectivity index (χ4v) is 4.72. The van der Waals surface area contributed by atoms with Crippen molar-refractivity contribution in [2.24, 2.45) is 0 Å². The molecule has 1 atom stereocenters. The quantitative estimate of drug-likeness (QED) is 0.306. The van der Waals surface area contributed by atoms with Gasteiger partial charge < -0.3 is 19.1 Å². The molecule has 9 heteroatoms. The molecule has 1 saturated heterocycles. The summed E-state index contributed by atoms with van der Waals surface area (Å²) in [5, 5.41) is 1.58. The molecule has 1 unspecified atom stereocenters. The van der Waals surface area contributed by atoms with Gasteiger partial charge in [-0.3, -0.25) is 19.7 Å². The first-order valence-electron chi connectivity index (χ1n) is 11.8. The third kappa shape index (κ3) is 6.54. The molecule has 0 saturated carbocycles. The predicted octanol–water partition coefficient (Wildman–Crippen LogP) is 5.02. The van der Waals surface area contributed by atoms with Crippen molar-refractivity contribution < 1.29 is 28.6 Å². The lowest BCUT2D eigenvalue weighted by Gasteiger charge is -2.15. The highest BCUT2D eigenvalue weighted by Gasteiger charge is 2.31. The van der Waals surface area contributed by atoms with Crippen molar-refractivity contribution in [3.05, 3.63) is 83.4 Å². The summed E-state index contributed by atoms with van der Waals surface area (Å²) in [6, 6.07) is 20.1. The number of hydrogen-bond donors (Lipinski definition) is 1. The number of thioether (sulfide) groups is 1. The lowest BCUT2D eigenvalue weighted by atomic mass is 10.0. The van der Waals surface area contributed by atoms with Gasteiger partial charge >= 0.3 is 0 Å². The van der Waals surface area contributed by atoms with Gasteiger partial charge in [-0.15, -0.1) is 0 Å². The molecule has 1 N–H and O–H groups in total. The Bertz CT molecular complexity index is 1340. The molecule has 4 rings (SSSR count). The molecule has 3 aromatic carbocycles. The summed E-state index contributed by atoms with van der Waals surface area (Å²) in [6.45, 7) is 0. The maximum Gasteiger partial charge on any atom is 0.286 e. The molecule has 3 aromatic rings. The van der Waals surface area contributed by atoms with Crippen molar-refractivity contribution in [2.75, 3.05) is 28.3 Å². The number of imide groups is 1. The van der Waals surface area contributed by atoms with Crippen molar-refractivity contribution in [3.63, 3.8) is 0 Å². The van der Waals surface area contributed by atoms with E-state index in [1.165, 1.54) is 4.90 Å². The van der Waals surface area contributed by atoms with Gasteiger partial charge in [0.05, 0.1) is 19.5 Å². The van der Waals surface area contributed by atoms with Gasteiger partial charge in [-0.05, 0) is 65.6 Å². The van der Waals surface area contributed by atoms with Crippen LogP contribution in [0.25, 0.3) is 11.6 Å². The molecule has 1 heterocycles. The Kier molecular flexibility index (Phi) is 8.38. The van der Waals surface area contributed by atoms with E-state index >= 15 is 0 Å². The van der Waals surface area contributed by atoms with Crippen LogP contribution >= 0.6 is 11.8 Å². The molecule has 0 spiro atoms. The molecule has 196 valence electrons. The summed E-state index contributed by atoms with van der Waals surface area (Å²) in [7, 11) is 6.57. The van der Waals surface area contributed by atoms with E-state index in [1.807, 2.05) is 48.5 Å². The largest absolute Gasteiger partial charge is 0.497 e. The third-order valence-electron chi connectivity index (χ3n) is 5.83. The molecule has 3 amide bonds. The van der Waals surface area contributed by atoms with E-state index in [4.69, 9.17) is 14.2 Å². The Labute approximate surface area is 225 Å². The predicted molar refractivity (Wildman–Crippen MR) is 148 cm³/mol. The van der Waals surface area contributed by atoms with E-state index in [9.17, 15) is 14.4 Å². The molecular weight excluding hydrogens is 504 g/mol. The van der Waals surface area contributed by atoms with Gasteiger partial charge in [-0.1, -0.05) is 36.0 Å². The van der Waals surface area contributed by atoms with Crippen molar-refractivity contribution in [1.82, 2.24) is 10.2 Å². The van der Waals surface area contributed by atoms with Crippen LogP contribution in [-0.2, 0) is 16.0 Å². The number of nitrogens with zero attached hydrogens (tertiary/aromatic N) is 1. The summed E-state index contributed by atoms with van der Waals surface area (Å²) >= 11 is 1.01. The Morgan fingerprint density at radius 1 is 0.895 bits per heavy atom. The lowest BCUT2D eigenvalue weighted by Crippen LogP contribution is -2.25. The van der Waals surface area contributed by atoms with Gasteiger partial charge in [0.25, 0.3) is 11.1 Å². The van der Waals surface area contributed by atoms with Crippen LogP contribution in [0.3, 0.4) is 0 Å². The molecule has 1 aliphatic heterocycles. The van der Waals surface area contributed by atoms with Crippen molar-refractivity contribution in [2.45, 2.75) is 11.7 Å². The maximum absolute atomic E-state index is 13.0. The first-order valence-corrected chi connectivity index (χ1v) is 12.7. The molecule has 0 bridgehead atoms. The van der Waals surface area contributed by atoms with E-state index < -0.39 is 5.25 Å². The van der Waals surface area contributed by atoms with Gasteiger partial charge in [0, 0.05) is 25.7 Å². The molecular formula is C29H28N2O6S. The van der Waals surface area contributed by atoms with E-state index in [0.717, 1.165) is 28.5 Å². The first kappa shape index (κ1) is 26.8. The van der Waals surface area contributed by atoms with E-state index in [2.05, 4.69) is 5.32 Å². The summed E-state index contributed by atoms with van der Waals surface area (Å²) in [5.41, 5.74) is 2.94. The van der Waals surface area contributed by atoms with Crippen LogP contribution in [0.5, 0.6) is 23.0 Å². The van der Waals surface area contributed by atoms with Crippen molar-refractivity contribution in [1.29, 1.82) is 0 Å². The Morgan fingerprint density at radius 3 is 1.97 bits per heavy atom. The van der Waals surface area contributed by atoms with Gasteiger partial charge in [0.2, 0.25) is 5.91 Å². The number of benzene rings is 3. The zero-order valence-corrected chi connectivity index (χ0v) is 22.3. The van der Waals surface area contributed by atoms with Crippen LogP contribution < -0.4 is 19.5 Å². The van der Waals surface area contributed by atoms with Gasteiger partial charge in [-0.25, -0.2) is 0 Å². The number of hydrogen-bond acceptors (Lipinski definition) is 7. The molecule has 1 aliphatic rings. The van der Waals surface area contributed by atoms with Crippen LogP contribution in [-0.4, -0.2) is 55.5 Å². The minimum atomic E-state index is -0.410. The molecule has 1 fully saturated rings. The van der Waals surface area contributed by atoms with E-state index in [1.54, 1.807) is 52.6 Å². The van der Waals surface area contributed by atoms with Crippen LogP contribution in [0, 0.1) is 0 Å². The number of ether oxygens (including phenoxy) is 3. The Morgan fingerprint density at radius 2 is 1.47 bits per heavy atom. The number of methoxy groups -OCH3 is 2. The summed E-state index contributed by atoms with van der Waals surface area (Å²) in [4.78, 5) is 37.7. The molecule has 8 nitrogen and oxygen atoms in total. The number of likely N-dealkylation sites (N-methyl/N-ethyl adjacent to an activating group) is 1. The highest BCUT2D eigenvalue weighted by molar-refractivity contribution is 8.15. The number of nitrogens with one attached hydrogen (secondary N) is 1. The standard InChI is InChI=1S/C29H28N2O6S/c1-31(2)28(33)25(15-19-13-23(35-3)17-24(14-19)36-4)20-7-11-22(12-8-20)37-21-9-5-18(6-10-21)16-26-27(32)30-29(34)38-26/h5-15,17,26H,16H2,1-4H3,(H,30,32,34).